The second kappa shape index (κ2) is 8.20. The van der Waals surface area contributed by atoms with Crippen LogP contribution >= 0.6 is 0 Å². The molecule has 2 aromatic carbocycles. The monoisotopic (exact) mass is 404 g/mol. The van der Waals surface area contributed by atoms with Gasteiger partial charge in [0.15, 0.2) is 0 Å². The molecule has 0 unspecified atom stereocenters. The van der Waals surface area contributed by atoms with Gasteiger partial charge in [0, 0.05) is 23.6 Å². The van der Waals surface area contributed by atoms with Gasteiger partial charge >= 0.3 is 0 Å². The molecule has 7 nitrogen and oxygen atoms in total. The predicted molar refractivity (Wildman–Crippen MR) is 105 cm³/mol. The summed E-state index contributed by atoms with van der Waals surface area (Å²) in [6, 6.07) is 11.4. The average molecular weight is 404 g/mol. The molecular formula is C20H24N2O5S. The van der Waals surface area contributed by atoms with Crippen molar-refractivity contribution in [3.8, 4) is 11.5 Å². The van der Waals surface area contributed by atoms with Crippen LogP contribution in [0.4, 0.5) is 0 Å². The van der Waals surface area contributed by atoms with Crippen molar-refractivity contribution in [3.63, 3.8) is 0 Å². The van der Waals surface area contributed by atoms with Crippen molar-refractivity contribution < 1.29 is 22.7 Å². The zero-order valence-electron chi connectivity index (χ0n) is 16.1. The molecule has 1 amide bonds. The van der Waals surface area contributed by atoms with E-state index >= 15 is 0 Å². The third kappa shape index (κ3) is 4.28. The largest absolute Gasteiger partial charge is 0.495 e. The summed E-state index contributed by atoms with van der Waals surface area (Å²) in [7, 11) is -2.42. The lowest BCUT2D eigenvalue weighted by molar-refractivity contribution is 0.0924. The molecule has 0 fully saturated rings. The van der Waals surface area contributed by atoms with Crippen molar-refractivity contribution in [3.05, 3.63) is 53.6 Å². The average Bonchev–Trinajstić information content (AvgIpc) is 2.66. The van der Waals surface area contributed by atoms with Crippen LogP contribution in [0.3, 0.4) is 0 Å². The lowest BCUT2D eigenvalue weighted by atomic mass is 10.00. The number of para-hydroxylation sites is 1. The van der Waals surface area contributed by atoms with E-state index in [9.17, 15) is 13.2 Å². The molecular weight excluding hydrogens is 380 g/mol. The zero-order valence-corrected chi connectivity index (χ0v) is 16.9. The zero-order chi connectivity index (χ0) is 20.3. The van der Waals surface area contributed by atoms with E-state index in [0.717, 1.165) is 11.3 Å². The lowest BCUT2D eigenvalue weighted by Crippen LogP contribution is -2.33. The molecule has 150 valence electrons. The third-order valence-corrected chi connectivity index (χ3v) is 6.05. The predicted octanol–water partition coefficient (Wildman–Crippen LogP) is 2.64. The van der Waals surface area contributed by atoms with E-state index in [1.165, 1.54) is 19.2 Å². The van der Waals surface area contributed by atoms with E-state index in [4.69, 9.17) is 9.47 Å². The Morgan fingerprint density at radius 2 is 1.96 bits per heavy atom. The molecule has 2 N–H and O–H groups in total. The van der Waals surface area contributed by atoms with Crippen molar-refractivity contribution >= 4 is 15.9 Å². The molecule has 0 saturated heterocycles. The van der Waals surface area contributed by atoms with Crippen molar-refractivity contribution in [2.45, 2.75) is 37.2 Å². The lowest BCUT2D eigenvalue weighted by Gasteiger charge is -2.26. The van der Waals surface area contributed by atoms with Crippen LogP contribution in [0.2, 0.25) is 0 Å². The summed E-state index contributed by atoms with van der Waals surface area (Å²) in [5, 5.41) is 2.97. The molecule has 1 atom stereocenters. The van der Waals surface area contributed by atoms with Crippen LogP contribution < -0.4 is 19.5 Å². The Morgan fingerprint density at radius 1 is 1.21 bits per heavy atom. The van der Waals surface area contributed by atoms with E-state index in [-0.39, 0.29) is 34.2 Å². The summed E-state index contributed by atoms with van der Waals surface area (Å²) < 4.78 is 38.5. The number of sulfonamides is 1. The van der Waals surface area contributed by atoms with Crippen LogP contribution in [-0.2, 0) is 10.0 Å². The van der Waals surface area contributed by atoms with Gasteiger partial charge in [-0.1, -0.05) is 18.2 Å². The molecule has 0 spiro atoms. The first-order chi connectivity index (χ1) is 13.3. The minimum absolute atomic E-state index is 0.0660. The van der Waals surface area contributed by atoms with Crippen molar-refractivity contribution in [2.24, 2.45) is 0 Å². The summed E-state index contributed by atoms with van der Waals surface area (Å²) in [5.74, 6) is 0.574. The Morgan fingerprint density at radius 3 is 2.68 bits per heavy atom. The second-order valence-corrected chi connectivity index (χ2v) is 8.53. The molecule has 2 aromatic rings. The smallest absolute Gasteiger partial charge is 0.251 e. The quantitative estimate of drug-likeness (QED) is 0.772. The number of benzene rings is 2. The highest BCUT2D eigenvalue weighted by Crippen LogP contribution is 2.32. The molecule has 1 heterocycles. The maximum atomic E-state index is 12.8. The number of rotatable bonds is 6. The summed E-state index contributed by atoms with van der Waals surface area (Å²) in [4.78, 5) is 12.7. The fourth-order valence-corrected chi connectivity index (χ4v) is 4.58. The number of fused-ring (bicyclic) bond motifs is 1. The second-order valence-electron chi connectivity index (χ2n) is 6.84. The van der Waals surface area contributed by atoms with E-state index in [2.05, 4.69) is 10.0 Å². The Kier molecular flexibility index (Phi) is 5.90. The first-order valence-electron chi connectivity index (χ1n) is 9.05. The molecule has 0 saturated carbocycles. The Labute approximate surface area is 165 Å². The maximum absolute atomic E-state index is 12.8. The highest BCUT2D eigenvalue weighted by atomic mass is 32.2. The molecule has 1 aliphatic rings. The van der Waals surface area contributed by atoms with Crippen LogP contribution in [0.25, 0.3) is 0 Å². The summed E-state index contributed by atoms with van der Waals surface area (Å²) in [6.45, 7) is 3.95. The first kappa shape index (κ1) is 20.2. The number of hydrogen-bond donors (Lipinski definition) is 2. The van der Waals surface area contributed by atoms with Crippen molar-refractivity contribution in [1.82, 2.24) is 10.0 Å². The van der Waals surface area contributed by atoms with Gasteiger partial charge in [-0.3, -0.25) is 4.79 Å². The number of amides is 1. The van der Waals surface area contributed by atoms with Crippen LogP contribution in [0.15, 0.2) is 47.4 Å². The summed E-state index contributed by atoms with van der Waals surface area (Å²) in [6.07, 6.45) is 0.638. The molecule has 0 aliphatic carbocycles. The molecule has 1 aliphatic heterocycles. The van der Waals surface area contributed by atoms with Gasteiger partial charge in [0.05, 0.1) is 19.8 Å². The number of carbonyl (C=O) groups is 1. The minimum Gasteiger partial charge on any atom is -0.495 e. The molecule has 28 heavy (non-hydrogen) atoms. The Hall–Kier alpha value is -2.58. The molecule has 3 rings (SSSR count). The molecule has 8 heteroatoms. The van der Waals surface area contributed by atoms with E-state index in [0.29, 0.717) is 13.0 Å². The van der Waals surface area contributed by atoms with Gasteiger partial charge in [0.25, 0.3) is 5.91 Å². The Balaban J connectivity index is 1.88. The van der Waals surface area contributed by atoms with Gasteiger partial charge in [-0.05, 0) is 38.1 Å². The molecule has 0 bridgehead atoms. The van der Waals surface area contributed by atoms with Crippen molar-refractivity contribution in [1.29, 1.82) is 0 Å². The van der Waals surface area contributed by atoms with Gasteiger partial charge in [0.1, 0.15) is 16.4 Å². The highest BCUT2D eigenvalue weighted by Gasteiger charge is 2.25. The topological polar surface area (TPSA) is 93.7 Å². The van der Waals surface area contributed by atoms with Crippen LogP contribution in [0.1, 0.15) is 42.2 Å². The SMILES string of the molecule is COc1ccc(C(=O)N[C@H]2CCOc3ccccc32)cc1S(=O)(=O)NC(C)C. The van der Waals surface area contributed by atoms with Crippen LogP contribution in [0.5, 0.6) is 11.5 Å². The van der Waals surface area contributed by atoms with E-state index in [1.54, 1.807) is 19.9 Å². The number of hydrogen-bond acceptors (Lipinski definition) is 5. The molecule has 0 aromatic heterocycles. The number of carbonyl (C=O) groups excluding carboxylic acids is 1. The third-order valence-electron chi connectivity index (χ3n) is 4.37. The van der Waals surface area contributed by atoms with E-state index < -0.39 is 10.0 Å². The van der Waals surface area contributed by atoms with Gasteiger partial charge in [0.2, 0.25) is 10.0 Å². The van der Waals surface area contributed by atoms with Gasteiger partial charge < -0.3 is 14.8 Å². The fourth-order valence-electron chi connectivity index (χ4n) is 3.14. The van der Waals surface area contributed by atoms with Gasteiger partial charge in [-0.15, -0.1) is 0 Å². The summed E-state index contributed by atoms with van der Waals surface area (Å²) in [5.41, 5.74) is 1.15. The number of methoxy groups -OCH3 is 1. The van der Waals surface area contributed by atoms with Gasteiger partial charge in [-0.2, -0.15) is 0 Å². The minimum atomic E-state index is -3.82. The van der Waals surface area contributed by atoms with Gasteiger partial charge in [-0.25, -0.2) is 13.1 Å². The summed E-state index contributed by atoms with van der Waals surface area (Å²) >= 11 is 0. The van der Waals surface area contributed by atoms with Crippen LogP contribution in [0, 0.1) is 0 Å². The Bertz CT molecular complexity index is 972. The van der Waals surface area contributed by atoms with Crippen molar-refractivity contribution in [2.75, 3.05) is 13.7 Å². The first-order valence-corrected chi connectivity index (χ1v) is 10.5. The van der Waals surface area contributed by atoms with E-state index in [1.807, 2.05) is 24.3 Å². The molecule has 0 radical (unpaired) electrons. The maximum Gasteiger partial charge on any atom is 0.251 e. The van der Waals surface area contributed by atoms with Crippen LogP contribution in [-0.4, -0.2) is 34.1 Å². The standard InChI is InChI=1S/C20H24N2O5S/c1-13(2)22-28(24,25)19-12-14(8-9-18(19)26-3)20(23)21-16-10-11-27-17-7-5-4-6-15(16)17/h4-9,12-13,16,22H,10-11H2,1-3H3,(H,21,23)/t16-/m0/s1. The highest BCUT2D eigenvalue weighted by molar-refractivity contribution is 7.89. The number of ether oxygens (including phenoxy) is 2. The normalized spacial score (nSPS) is 16.2. The fraction of sp³-hybridized carbons (Fsp3) is 0.350. The number of nitrogens with one attached hydrogen (secondary N) is 2.